The maximum atomic E-state index is 9.87. The van der Waals surface area contributed by atoms with E-state index in [-0.39, 0.29) is 5.95 Å². The SMILES string of the molecule is O=C(O)OC1=CC=CNO1. The van der Waals surface area contributed by atoms with Gasteiger partial charge in [-0.1, -0.05) is 0 Å². The van der Waals surface area contributed by atoms with Crippen LogP contribution in [-0.2, 0) is 9.57 Å². The van der Waals surface area contributed by atoms with Crippen molar-refractivity contribution in [2.45, 2.75) is 0 Å². The third-order valence-electron chi connectivity index (χ3n) is 0.744. The van der Waals surface area contributed by atoms with Crippen molar-refractivity contribution >= 4 is 6.16 Å². The number of ether oxygens (including phenoxy) is 1. The van der Waals surface area contributed by atoms with Crippen molar-refractivity contribution in [3.63, 3.8) is 0 Å². The van der Waals surface area contributed by atoms with Gasteiger partial charge in [-0.2, -0.15) is 0 Å². The molecule has 0 atom stereocenters. The predicted octanol–water partition coefficient (Wildman–Crippen LogP) is 0.571. The minimum Gasteiger partial charge on any atom is -0.449 e. The number of rotatable bonds is 1. The average Bonchev–Trinajstić information content (AvgIpc) is 1.88. The Morgan fingerprint density at radius 1 is 1.80 bits per heavy atom. The maximum absolute atomic E-state index is 9.87. The number of nitrogens with one attached hydrogen (secondary N) is 1. The molecule has 0 aromatic rings. The van der Waals surface area contributed by atoms with Crippen LogP contribution in [0, 0.1) is 0 Å². The molecule has 1 aliphatic rings. The van der Waals surface area contributed by atoms with Crippen molar-refractivity contribution in [1.82, 2.24) is 5.48 Å². The van der Waals surface area contributed by atoms with Gasteiger partial charge in [0.2, 0.25) is 0 Å². The monoisotopic (exact) mass is 143 g/mol. The van der Waals surface area contributed by atoms with Gasteiger partial charge in [0.25, 0.3) is 0 Å². The summed E-state index contributed by atoms with van der Waals surface area (Å²) in [6.45, 7) is 0. The van der Waals surface area contributed by atoms with Gasteiger partial charge in [0.15, 0.2) is 0 Å². The van der Waals surface area contributed by atoms with Crippen molar-refractivity contribution < 1.29 is 19.5 Å². The lowest BCUT2D eigenvalue weighted by Gasteiger charge is -2.08. The van der Waals surface area contributed by atoms with E-state index in [9.17, 15) is 4.79 Å². The summed E-state index contributed by atoms with van der Waals surface area (Å²) in [5.74, 6) is -0.0880. The third-order valence-corrected chi connectivity index (χ3v) is 0.744. The molecule has 0 saturated carbocycles. The highest BCUT2D eigenvalue weighted by Gasteiger charge is 2.05. The minimum absolute atomic E-state index is 0.0880. The molecule has 0 aromatic carbocycles. The first kappa shape index (κ1) is 6.47. The van der Waals surface area contributed by atoms with Crippen molar-refractivity contribution in [3.8, 4) is 0 Å². The van der Waals surface area contributed by atoms with Gasteiger partial charge in [-0.15, -0.1) is 0 Å². The summed E-state index contributed by atoms with van der Waals surface area (Å²) in [4.78, 5) is 14.4. The highest BCUT2D eigenvalue weighted by Crippen LogP contribution is 2.01. The van der Waals surface area contributed by atoms with Crippen LogP contribution >= 0.6 is 0 Å². The van der Waals surface area contributed by atoms with E-state index in [0.717, 1.165) is 0 Å². The topological polar surface area (TPSA) is 67.8 Å². The number of carbonyl (C=O) groups is 1. The fourth-order valence-corrected chi connectivity index (χ4v) is 0.433. The van der Waals surface area contributed by atoms with Crippen LogP contribution in [0.3, 0.4) is 0 Å². The van der Waals surface area contributed by atoms with E-state index in [1.165, 1.54) is 12.3 Å². The van der Waals surface area contributed by atoms with Crippen LogP contribution in [0.1, 0.15) is 0 Å². The lowest BCUT2D eigenvalue weighted by Crippen LogP contribution is -2.13. The third kappa shape index (κ3) is 1.70. The number of hydrogen-bond acceptors (Lipinski definition) is 4. The highest BCUT2D eigenvalue weighted by molar-refractivity contribution is 5.58. The van der Waals surface area contributed by atoms with Crippen molar-refractivity contribution in [2.75, 3.05) is 0 Å². The summed E-state index contributed by atoms with van der Waals surface area (Å²) in [7, 11) is 0. The highest BCUT2D eigenvalue weighted by atomic mass is 16.8. The Hall–Kier alpha value is -1.65. The van der Waals surface area contributed by atoms with Crippen LogP contribution < -0.4 is 5.48 Å². The summed E-state index contributed by atoms with van der Waals surface area (Å²) in [5, 5.41) is 8.07. The molecule has 2 N–H and O–H groups in total. The Labute approximate surface area is 56.5 Å². The van der Waals surface area contributed by atoms with Gasteiger partial charge in [0, 0.05) is 12.3 Å². The summed E-state index contributed by atoms with van der Waals surface area (Å²) >= 11 is 0. The normalized spacial score (nSPS) is 14.6. The van der Waals surface area contributed by atoms with Gasteiger partial charge < -0.3 is 14.7 Å². The van der Waals surface area contributed by atoms with E-state index in [4.69, 9.17) is 5.11 Å². The fraction of sp³-hybridized carbons (Fsp3) is 0. The van der Waals surface area contributed by atoms with E-state index < -0.39 is 6.16 Å². The van der Waals surface area contributed by atoms with E-state index >= 15 is 0 Å². The second-order valence-electron chi connectivity index (χ2n) is 1.43. The first-order valence-corrected chi connectivity index (χ1v) is 2.49. The van der Waals surface area contributed by atoms with E-state index in [0.29, 0.717) is 0 Å². The van der Waals surface area contributed by atoms with Crippen LogP contribution in [0.4, 0.5) is 4.79 Å². The van der Waals surface area contributed by atoms with Gasteiger partial charge in [-0.05, 0) is 6.08 Å². The molecule has 0 fully saturated rings. The molecule has 0 amide bonds. The van der Waals surface area contributed by atoms with Gasteiger partial charge in [0.05, 0.1) is 0 Å². The lowest BCUT2D eigenvalue weighted by atomic mass is 10.5. The van der Waals surface area contributed by atoms with Gasteiger partial charge in [-0.25, -0.2) is 10.3 Å². The van der Waals surface area contributed by atoms with Gasteiger partial charge >= 0.3 is 12.1 Å². The lowest BCUT2D eigenvalue weighted by molar-refractivity contribution is 0.00787. The standard InChI is InChI=1S/C5H5NO4/c7-5(8)9-4-2-1-3-6-10-4/h1-3,6H,(H,7,8). The summed E-state index contributed by atoms with van der Waals surface area (Å²) in [6, 6.07) is 0. The van der Waals surface area contributed by atoms with Crippen LogP contribution in [0.2, 0.25) is 0 Å². The van der Waals surface area contributed by atoms with E-state index in [1.807, 2.05) is 0 Å². The van der Waals surface area contributed by atoms with Crippen molar-refractivity contribution in [1.29, 1.82) is 0 Å². The molecule has 0 bridgehead atoms. The zero-order valence-electron chi connectivity index (χ0n) is 4.90. The zero-order valence-corrected chi connectivity index (χ0v) is 4.90. The molecule has 0 radical (unpaired) electrons. The van der Waals surface area contributed by atoms with Crippen molar-refractivity contribution in [3.05, 3.63) is 24.3 Å². The van der Waals surface area contributed by atoms with Crippen LogP contribution in [0.15, 0.2) is 24.3 Å². The number of carboxylic acid groups (broad SMARTS) is 1. The first-order chi connectivity index (χ1) is 4.79. The molecule has 1 rings (SSSR count). The molecular formula is C5H5NO4. The molecule has 0 spiro atoms. The number of allylic oxidation sites excluding steroid dienone is 2. The average molecular weight is 143 g/mol. The molecule has 5 nitrogen and oxygen atoms in total. The molecule has 5 heteroatoms. The molecule has 0 unspecified atom stereocenters. The second kappa shape index (κ2) is 2.77. The molecule has 54 valence electrons. The molecule has 10 heavy (non-hydrogen) atoms. The Morgan fingerprint density at radius 3 is 3.10 bits per heavy atom. The Morgan fingerprint density at radius 2 is 2.60 bits per heavy atom. The Balaban J connectivity index is 2.47. The van der Waals surface area contributed by atoms with E-state index in [2.05, 4.69) is 15.1 Å². The second-order valence-corrected chi connectivity index (χ2v) is 1.43. The maximum Gasteiger partial charge on any atom is 0.513 e. The van der Waals surface area contributed by atoms with Crippen LogP contribution in [0.5, 0.6) is 0 Å². The summed E-state index contributed by atoms with van der Waals surface area (Å²) in [6.07, 6.45) is 3.03. The molecule has 1 heterocycles. The minimum atomic E-state index is -1.40. The number of hydroxylamine groups is 1. The molecular weight excluding hydrogens is 138 g/mol. The Bertz CT molecular complexity index is 196. The van der Waals surface area contributed by atoms with Crippen molar-refractivity contribution in [2.24, 2.45) is 0 Å². The van der Waals surface area contributed by atoms with Crippen LogP contribution in [0.25, 0.3) is 0 Å². The quantitative estimate of drug-likeness (QED) is 0.525. The largest absolute Gasteiger partial charge is 0.513 e. The summed E-state index contributed by atoms with van der Waals surface area (Å²) in [5.41, 5.74) is 2.30. The Kier molecular flexibility index (Phi) is 1.79. The van der Waals surface area contributed by atoms with Gasteiger partial charge in [-0.3, -0.25) is 0 Å². The zero-order chi connectivity index (χ0) is 7.40. The van der Waals surface area contributed by atoms with Crippen LogP contribution in [-0.4, -0.2) is 11.3 Å². The fourth-order valence-electron chi connectivity index (χ4n) is 0.433. The first-order valence-electron chi connectivity index (χ1n) is 2.49. The summed E-state index contributed by atoms with van der Waals surface area (Å²) < 4.78 is 4.13. The molecule has 0 saturated heterocycles. The molecule has 0 aromatic heterocycles. The van der Waals surface area contributed by atoms with E-state index in [1.54, 1.807) is 6.08 Å². The van der Waals surface area contributed by atoms with Gasteiger partial charge in [0.1, 0.15) is 0 Å². The number of hydrogen-bond donors (Lipinski definition) is 2. The smallest absolute Gasteiger partial charge is 0.449 e. The predicted molar refractivity (Wildman–Crippen MR) is 30.6 cm³/mol. The molecule has 1 aliphatic heterocycles. The molecule has 0 aliphatic carbocycles.